The number of aromatic carboxylic acids is 1. The molecule has 0 saturated heterocycles. The minimum Gasteiger partial charge on any atom is -0.478 e. The van der Waals surface area contributed by atoms with Gasteiger partial charge in [0.25, 0.3) is 0 Å². The van der Waals surface area contributed by atoms with Crippen LogP contribution in [-0.4, -0.2) is 27.7 Å². The maximum Gasteiger partial charge on any atom is 0.338 e. The van der Waals surface area contributed by atoms with E-state index in [0.717, 1.165) is 17.3 Å². The third-order valence-corrected chi connectivity index (χ3v) is 4.21. The lowest BCUT2D eigenvalue weighted by atomic mass is 10.2. The number of benzene rings is 1. The summed E-state index contributed by atoms with van der Waals surface area (Å²) < 4.78 is 0. The fourth-order valence-electron chi connectivity index (χ4n) is 1.67. The van der Waals surface area contributed by atoms with Crippen molar-refractivity contribution in [2.75, 3.05) is 11.1 Å². The van der Waals surface area contributed by atoms with E-state index in [2.05, 4.69) is 10.3 Å². The van der Waals surface area contributed by atoms with Gasteiger partial charge in [-0.3, -0.25) is 4.79 Å². The molecule has 114 valence electrons. The molecule has 1 amide bonds. The van der Waals surface area contributed by atoms with Gasteiger partial charge in [0.1, 0.15) is 5.03 Å². The SMILES string of the molecule is Cc1ccc(NC(=O)CSc2ncccc2C(=O)O)cc1Cl. The van der Waals surface area contributed by atoms with Gasteiger partial charge in [0, 0.05) is 16.9 Å². The molecular weight excluding hydrogens is 324 g/mol. The van der Waals surface area contributed by atoms with Crippen molar-refractivity contribution in [1.82, 2.24) is 4.98 Å². The number of carbonyl (C=O) groups excluding carboxylic acids is 1. The van der Waals surface area contributed by atoms with Crippen molar-refractivity contribution in [3.63, 3.8) is 0 Å². The molecule has 0 radical (unpaired) electrons. The molecule has 0 bridgehead atoms. The Kier molecular flexibility index (Phi) is 5.41. The fraction of sp³-hybridized carbons (Fsp3) is 0.133. The first-order chi connectivity index (χ1) is 10.5. The van der Waals surface area contributed by atoms with Gasteiger partial charge in [-0.1, -0.05) is 29.4 Å². The lowest BCUT2D eigenvalue weighted by molar-refractivity contribution is -0.113. The highest BCUT2D eigenvalue weighted by Crippen LogP contribution is 2.22. The summed E-state index contributed by atoms with van der Waals surface area (Å²) in [7, 11) is 0. The number of hydrogen-bond donors (Lipinski definition) is 2. The Labute approximate surface area is 136 Å². The first-order valence-corrected chi connectivity index (χ1v) is 7.71. The minimum atomic E-state index is -1.07. The molecule has 0 saturated carbocycles. The fourth-order valence-corrected chi connectivity index (χ4v) is 2.64. The average molecular weight is 337 g/mol. The number of aromatic nitrogens is 1. The van der Waals surface area contributed by atoms with Gasteiger partial charge in [0.15, 0.2) is 0 Å². The van der Waals surface area contributed by atoms with Crippen molar-refractivity contribution in [2.24, 2.45) is 0 Å². The van der Waals surface area contributed by atoms with Crippen molar-refractivity contribution in [3.05, 3.63) is 52.7 Å². The number of halogens is 1. The molecule has 0 aliphatic rings. The summed E-state index contributed by atoms with van der Waals surface area (Å²) in [4.78, 5) is 27.0. The number of amides is 1. The van der Waals surface area contributed by atoms with Crippen LogP contribution in [-0.2, 0) is 4.79 Å². The van der Waals surface area contributed by atoms with Crippen molar-refractivity contribution in [1.29, 1.82) is 0 Å². The Hall–Kier alpha value is -2.05. The number of carboxylic acid groups (broad SMARTS) is 1. The Morgan fingerprint density at radius 1 is 1.36 bits per heavy atom. The maximum atomic E-state index is 11.9. The third-order valence-electron chi connectivity index (χ3n) is 2.80. The second kappa shape index (κ2) is 7.29. The number of hydrogen-bond acceptors (Lipinski definition) is 4. The number of carbonyl (C=O) groups is 2. The highest BCUT2D eigenvalue weighted by atomic mass is 35.5. The first kappa shape index (κ1) is 16.3. The van der Waals surface area contributed by atoms with Gasteiger partial charge >= 0.3 is 5.97 Å². The summed E-state index contributed by atoms with van der Waals surface area (Å²) in [6.45, 7) is 1.87. The highest BCUT2D eigenvalue weighted by molar-refractivity contribution is 8.00. The van der Waals surface area contributed by atoms with Gasteiger partial charge in [-0.2, -0.15) is 0 Å². The van der Waals surface area contributed by atoms with Crippen LogP contribution in [0.3, 0.4) is 0 Å². The predicted octanol–water partition coefficient (Wildman–Crippen LogP) is 3.47. The van der Waals surface area contributed by atoms with E-state index in [1.165, 1.54) is 12.3 Å². The van der Waals surface area contributed by atoms with Crippen LogP contribution in [0, 0.1) is 6.92 Å². The third kappa shape index (κ3) is 4.22. The number of rotatable bonds is 5. The smallest absolute Gasteiger partial charge is 0.338 e. The van der Waals surface area contributed by atoms with Gasteiger partial charge in [-0.25, -0.2) is 9.78 Å². The molecule has 1 aromatic heterocycles. The number of thioether (sulfide) groups is 1. The molecule has 0 fully saturated rings. The molecule has 0 atom stereocenters. The van der Waals surface area contributed by atoms with Crippen molar-refractivity contribution in [3.8, 4) is 0 Å². The number of nitrogens with zero attached hydrogens (tertiary/aromatic N) is 1. The maximum absolute atomic E-state index is 11.9. The Bertz CT molecular complexity index is 722. The van der Waals surface area contributed by atoms with Crippen LogP contribution in [0.4, 0.5) is 5.69 Å². The summed E-state index contributed by atoms with van der Waals surface area (Å²) in [5.74, 6) is -1.27. The summed E-state index contributed by atoms with van der Waals surface area (Å²) in [5.41, 5.74) is 1.60. The lowest BCUT2D eigenvalue weighted by Gasteiger charge is -2.07. The molecule has 0 spiro atoms. The Balaban J connectivity index is 1.98. The quantitative estimate of drug-likeness (QED) is 0.817. The van der Waals surface area contributed by atoms with Crippen LogP contribution < -0.4 is 5.32 Å². The number of anilines is 1. The average Bonchev–Trinajstić information content (AvgIpc) is 2.49. The zero-order chi connectivity index (χ0) is 16.1. The molecule has 22 heavy (non-hydrogen) atoms. The Morgan fingerprint density at radius 2 is 2.14 bits per heavy atom. The molecule has 2 rings (SSSR count). The predicted molar refractivity (Wildman–Crippen MR) is 86.7 cm³/mol. The van der Waals surface area contributed by atoms with Crippen LogP contribution in [0.15, 0.2) is 41.6 Å². The molecule has 2 N–H and O–H groups in total. The molecular formula is C15H13ClN2O3S. The number of carboxylic acids is 1. The topological polar surface area (TPSA) is 79.3 Å². The number of aryl methyl sites for hydroxylation is 1. The lowest BCUT2D eigenvalue weighted by Crippen LogP contribution is -2.14. The summed E-state index contributed by atoms with van der Waals surface area (Å²) in [6.07, 6.45) is 1.49. The van der Waals surface area contributed by atoms with E-state index in [-0.39, 0.29) is 17.2 Å². The largest absolute Gasteiger partial charge is 0.478 e. The Morgan fingerprint density at radius 3 is 2.82 bits per heavy atom. The first-order valence-electron chi connectivity index (χ1n) is 6.34. The van der Waals surface area contributed by atoms with Crippen LogP contribution in [0.5, 0.6) is 0 Å². The zero-order valence-corrected chi connectivity index (χ0v) is 13.2. The molecule has 0 unspecified atom stereocenters. The second-order valence-electron chi connectivity index (χ2n) is 4.46. The molecule has 1 aromatic carbocycles. The van der Waals surface area contributed by atoms with Crippen molar-refractivity contribution < 1.29 is 14.7 Å². The van der Waals surface area contributed by atoms with E-state index < -0.39 is 5.97 Å². The van der Waals surface area contributed by atoms with Gasteiger partial charge in [-0.05, 0) is 36.8 Å². The molecule has 2 aromatic rings. The standard InChI is InChI=1S/C15H13ClN2O3S/c1-9-4-5-10(7-12(9)16)18-13(19)8-22-14-11(15(20)21)3-2-6-17-14/h2-7H,8H2,1H3,(H,18,19)(H,20,21). The highest BCUT2D eigenvalue weighted by Gasteiger charge is 2.13. The zero-order valence-electron chi connectivity index (χ0n) is 11.7. The van der Waals surface area contributed by atoms with Crippen molar-refractivity contribution >= 4 is 40.9 Å². The van der Waals surface area contributed by atoms with Crippen LogP contribution in [0.25, 0.3) is 0 Å². The monoisotopic (exact) mass is 336 g/mol. The van der Waals surface area contributed by atoms with E-state index in [0.29, 0.717) is 15.7 Å². The molecule has 1 heterocycles. The van der Waals surface area contributed by atoms with E-state index in [1.54, 1.807) is 18.2 Å². The molecule has 0 aliphatic carbocycles. The van der Waals surface area contributed by atoms with Gasteiger partial charge in [0.05, 0.1) is 11.3 Å². The van der Waals surface area contributed by atoms with Crippen molar-refractivity contribution in [2.45, 2.75) is 11.9 Å². The molecule has 5 nitrogen and oxygen atoms in total. The van der Waals surface area contributed by atoms with E-state index in [4.69, 9.17) is 16.7 Å². The van der Waals surface area contributed by atoms with Crippen LogP contribution in [0.2, 0.25) is 5.02 Å². The van der Waals surface area contributed by atoms with E-state index >= 15 is 0 Å². The van der Waals surface area contributed by atoms with Crippen LogP contribution >= 0.6 is 23.4 Å². The summed E-state index contributed by atoms with van der Waals surface area (Å²) >= 11 is 7.07. The molecule has 7 heteroatoms. The van der Waals surface area contributed by atoms with Gasteiger partial charge in [0.2, 0.25) is 5.91 Å². The summed E-state index contributed by atoms with van der Waals surface area (Å²) in [5, 5.41) is 12.6. The molecule has 0 aliphatic heterocycles. The van der Waals surface area contributed by atoms with Gasteiger partial charge in [-0.15, -0.1) is 0 Å². The number of nitrogens with one attached hydrogen (secondary N) is 1. The normalized spacial score (nSPS) is 10.3. The minimum absolute atomic E-state index is 0.0583. The van der Waals surface area contributed by atoms with Crippen LogP contribution in [0.1, 0.15) is 15.9 Å². The van der Waals surface area contributed by atoms with Gasteiger partial charge < -0.3 is 10.4 Å². The van der Waals surface area contributed by atoms with E-state index in [9.17, 15) is 9.59 Å². The summed E-state index contributed by atoms with van der Waals surface area (Å²) in [6, 6.07) is 8.24. The number of pyridine rings is 1. The second-order valence-corrected chi connectivity index (χ2v) is 5.83. The van der Waals surface area contributed by atoms with E-state index in [1.807, 2.05) is 13.0 Å².